The molecule has 0 amide bonds. The molecular formula is C11H23N3S. The standard InChI is InChI=1S/C11H23N3S/c1-5-6-12-10(15)14-8-7-13(4)11(2,3)9-14/h5-9H2,1-4H3,(H,12,15). The van der Waals surface area contributed by atoms with Crippen LogP contribution in [0.5, 0.6) is 0 Å². The molecule has 0 saturated carbocycles. The zero-order valence-electron chi connectivity index (χ0n) is 10.3. The molecule has 0 bridgehead atoms. The SMILES string of the molecule is CCCNC(=S)N1CCN(C)C(C)(C)C1. The van der Waals surface area contributed by atoms with Gasteiger partial charge in [-0.2, -0.15) is 0 Å². The first-order valence-corrected chi connectivity index (χ1v) is 6.12. The summed E-state index contributed by atoms with van der Waals surface area (Å²) in [6.07, 6.45) is 1.12. The summed E-state index contributed by atoms with van der Waals surface area (Å²) >= 11 is 5.38. The summed E-state index contributed by atoms with van der Waals surface area (Å²) in [6, 6.07) is 0. The number of likely N-dealkylation sites (N-methyl/N-ethyl adjacent to an activating group) is 1. The molecule has 1 fully saturated rings. The molecule has 0 aromatic rings. The van der Waals surface area contributed by atoms with E-state index in [-0.39, 0.29) is 5.54 Å². The highest BCUT2D eigenvalue weighted by molar-refractivity contribution is 7.80. The van der Waals surface area contributed by atoms with Gasteiger partial charge in [0.1, 0.15) is 0 Å². The molecule has 0 atom stereocenters. The van der Waals surface area contributed by atoms with Crippen LogP contribution in [-0.4, -0.2) is 53.7 Å². The average Bonchev–Trinajstić information content (AvgIpc) is 2.18. The third-order valence-corrected chi connectivity index (χ3v) is 3.53. The lowest BCUT2D eigenvalue weighted by Gasteiger charge is -2.46. The molecule has 0 spiro atoms. The minimum Gasteiger partial charge on any atom is -0.363 e. The van der Waals surface area contributed by atoms with Crippen LogP contribution in [0.3, 0.4) is 0 Å². The van der Waals surface area contributed by atoms with Crippen LogP contribution in [0.15, 0.2) is 0 Å². The molecule has 0 aromatic heterocycles. The van der Waals surface area contributed by atoms with Gasteiger partial charge in [0, 0.05) is 31.7 Å². The maximum absolute atomic E-state index is 5.38. The third-order valence-electron chi connectivity index (χ3n) is 3.13. The first-order chi connectivity index (χ1) is 6.97. The number of hydrogen-bond donors (Lipinski definition) is 1. The van der Waals surface area contributed by atoms with Crippen molar-refractivity contribution in [2.75, 3.05) is 33.2 Å². The van der Waals surface area contributed by atoms with Gasteiger partial charge in [-0.15, -0.1) is 0 Å². The number of piperazine rings is 1. The number of nitrogens with zero attached hydrogens (tertiary/aromatic N) is 2. The molecule has 1 heterocycles. The highest BCUT2D eigenvalue weighted by Gasteiger charge is 2.31. The lowest BCUT2D eigenvalue weighted by atomic mass is 10.0. The number of rotatable bonds is 2. The molecular weight excluding hydrogens is 206 g/mol. The van der Waals surface area contributed by atoms with E-state index in [1.54, 1.807) is 0 Å². The van der Waals surface area contributed by atoms with Gasteiger partial charge in [-0.25, -0.2) is 0 Å². The lowest BCUT2D eigenvalue weighted by Crippen LogP contribution is -2.60. The van der Waals surface area contributed by atoms with E-state index < -0.39 is 0 Å². The van der Waals surface area contributed by atoms with Crippen LogP contribution < -0.4 is 5.32 Å². The first kappa shape index (κ1) is 12.7. The van der Waals surface area contributed by atoms with Gasteiger partial charge in [-0.05, 0) is 39.5 Å². The van der Waals surface area contributed by atoms with E-state index in [0.717, 1.165) is 37.7 Å². The quantitative estimate of drug-likeness (QED) is 0.719. The second-order valence-electron chi connectivity index (χ2n) is 4.89. The maximum Gasteiger partial charge on any atom is 0.169 e. The summed E-state index contributed by atoms with van der Waals surface area (Å²) in [5.41, 5.74) is 0.218. The van der Waals surface area contributed by atoms with Crippen LogP contribution in [0.2, 0.25) is 0 Å². The van der Waals surface area contributed by atoms with Crippen molar-refractivity contribution in [1.82, 2.24) is 15.1 Å². The minimum absolute atomic E-state index is 0.218. The zero-order valence-corrected chi connectivity index (χ0v) is 11.2. The van der Waals surface area contributed by atoms with Crippen molar-refractivity contribution in [3.63, 3.8) is 0 Å². The minimum atomic E-state index is 0.218. The van der Waals surface area contributed by atoms with Gasteiger partial charge in [0.25, 0.3) is 0 Å². The Kier molecular flexibility index (Phi) is 4.34. The van der Waals surface area contributed by atoms with Crippen molar-refractivity contribution < 1.29 is 0 Å². The predicted molar refractivity (Wildman–Crippen MR) is 69.2 cm³/mol. The van der Waals surface area contributed by atoms with Crippen molar-refractivity contribution in [2.24, 2.45) is 0 Å². The van der Waals surface area contributed by atoms with E-state index in [9.17, 15) is 0 Å². The fraction of sp³-hybridized carbons (Fsp3) is 0.909. The molecule has 4 heteroatoms. The molecule has 0 aromatic carbocycles. The van der Waals surface area contributed by atoms with Gasteiger partial charge in [-0.1, -0.05) is 6.92 Å². The number of nitrogens with one attached hydrogen (secondary N) is 1. The van der Waals surface area contributed by atoms with Crippen molar-refractivity contribution >= 4 is 17.3 Å². The Bertz CT molecular complexity index is 228. The first-order valence-electron chi connectivity index (χ1n) is 5.71. The summed E-state index contributed by atoms with van der Waals surface area (Å²) in [5.74, 6) is 0. The molecule has 88 valence electrons. The van der Waals surface area contributed by atoms with Gasteiger partial charge >= 0.3 is 0 Å². The molecule has 1 N–H and O–H groups in total. The highest BCUT2D eigenvalue weighted by Crippen LogP contribution is 2.18. The summed E-state index contributed by atoms with van der Waals surface area (Å²) in [6.45, 7) is 10.8. The van der Waals surface area contributed by atoms with Crippen LogP contribution in [0.4, 0.5) is 0 Å². The lowest BCUT2D eigenvalue weighted by molar-refractivity contribution is 0.0740. The molecule has 0 radical (unpaired) electrons. The molecule has 1 aliphatic heterocycles. The van der Waals surface area contributed by atoms with E-state index in [1.807, 2.05) is 0 Å². The topological polar surface area (TPSA) is 18.5 Å². The van der Waals surface area contributed by atoms with Gasteiger partial charge in [-0.3, -0.25) is 4.90 Å². The Labute approximate surface area is 98.8 Å². The van der Waals surface area contributed by atoms with Crippen LogP contribution in [0.25, 0.3) is 0 Å². The molecule has 15 heavy (non-hydrogen) atoms. The van der Waals surface area contributed by atoms with Crippen LogP contribution in [0.1, 0.15) is 27.2 Å². The van der Waals surface area contributed by atoms with Gasteiger partial charge in [0.05, 0.1) is 0 Å². The van der Waals surface area contributed by atoms with Crippen molar-refractivity contribution in [3.05, 3.63) is 0 Å². The van der Waals surface area contributed by atoms with Crippen molar-refractivity contribution in [2.45, 2.75) is 32.7 Å². The van der Waals surface area contributed by atoms with E-state index in [4.69, 9.17) is 12.2 Å². The van der Waals surface area contributed by atoms with Gasteiger partial charge in [0.15, 0.2) is 5.11 Å². The van der Waals surface area contributed by atoms with Crippen molar-refractivity contribution in [1.29, 1.82) is 0 Å². The predicted octanol–water partition coefficient (Wildman–Crippen LogP) is 1.30. The van der Waals surface area contributed by atoms with E-state index in [2.05, 4.69) is 42.9 Å². The molecule has 3 nitrogen and oxygen atoms in total. The third kappa shape index (κ3) is 3.31. The molecule has 0 unspecified atom stereocenters. The molecule has 1 rings (SSSR count). The largest absolute Gasteiger partial charge is 0.363 e. The Morgan fingerprint density at radius 3 is 2.60 bits per heavy atom. The summed E-state index contributed by atoms with van der Waals surface area (Å²) in [7, 11) is 2.18. The Morgan fingerprint density at radius 1 is 1.40 bits per heavy atom. The van der Waals surface area contributed by atoms with Crippen LogP contribution in [-0.2, 0) is 0 Å². The Balaban J connectivity index is 2.48. The normalized spacial score (nSPS) is 21.5. The van der Waals surface area contributed by atoms with Gasteiger partial charge < -0.3 is 10.2 Å². The smallest absolute Gasteiger partial charge is 0.169 e. The van der Waals surface area contributed by atoms with Crippen LogP contribution in [0, 0.1) is 0 Å². The maximum atomic E-state index is 5.38. The van der Waals surface area contributed by atoms with E-state index in [0.29, 0.717) is 0 Å². The summed E-state index contributed by atoms with van der Waals surface area (Å²) in [5, 5.41) is 4.21. The number of thiocarbonyl (C=S) groups is 1. The fourth-order valence-corrected chi connectivity index (χ4v) is 2.02. The van der Waals surface area contributed by atoms with Gasteiger partial charge in [0.2, 0.25) is 0 Å². The van der Waals surface area contributed by atoms with E-state index >= 15 is 0 Å². The summed E-state index contributed by atoms with van der Waals surface area (Å²) in [4.78, 5) is 4.68. The second-order valence-corrected chi connectivity index (χ2v) is 5.27. The Hall–Kier alpha value is -0.350. The monoisotopic (exact) mass is 229 g/mol. The number of hydrogen-bond acceptors (Lipinski definition) is 2. The van der Waals surface area contributed by atoms with Crippen LogP contribution >= 0.6 is 12.2 Å². The average molecular weight is 229 g/mol. The zero-order chi connectivity index (χ0) is 11.5. The van der Waals surface area contributed by atoms with Crippen molar-refractivity contribution in [3.8, 4) is 0 Å². The highest BCUT2D eigenvalue weighted by atomic mass is 32.1. The molecule has 1 saturated heterocycles. The summed E-state index contributed by atoms with van der Waals surface area (Å²) < 4.78 is 0. The van der Waals surface area contributed by atoms with E-state index in [1.165, 1.54) is 0 Å². The second kappa shape index (κ2) is 5.12. The molecule has 1 aliphatic rings. The Morgan fingerprint density at radius 2 is 2.07 bits per heavy atom. The fourth-order valence-electron chi connectivity index (χ4n) is 1.76. The molecule has 0 aliphatic carbocycles.